The lowest BCUT2D eigenvalue weighted by atomic mass is 9.97. The number of halogens is 1. The predicted octanol–water partition coefficient (Wildman–Crippen LogP) is 2.91. The molecular weight excluding hydrogens is 461 g/mol. The van der Waals surface area contributed by atoms with Gasteiger partial charge in [-0.1, -0.05) is 25.1 Å². The smallest absolute Gasteiger partial charge is 0.330 e. The second-order valence-corrected chi connectivity index (χ2v) is 7.47. The number of hydrogen-bond donors (Lipinski definition) is 3. The van der Waals surface area contributed by atoms with E-state index in [2.05, 4.69) is 0 Å². The monoisotopic (exact) mass is 483 g/mol. The summed E-state index contributed by atoms with van der Waals surface area (Å²) in [4.78, 5) is 24.5. The Balaban J connectivity index is 1.94. The second-order valence-electron chi connectivity index (χ2n) is 6.31. The molecule has 0 fully saturated rings. The van der Waals surface area contributed by atoms with E-state index in [1.54, 1.807) is 30.3 Å². The van der Waals surface area contributed by atoms with Gasteiger partial charge < -0.3 is 20.7 Å². The number of ether oxygens (including phenoxy) is 1. The van der Waals surface area contributed by atoms with Crippen LogP contribution in [0.25, 0.3) is 0 Å². The lowest BCUT2D eigenvalue weighted by Crippen LogP contribution is -2.37. The van der Waals surface area contributed by atoms with Gasteiger partial charge in [-0.05, 0) is 77.2 Å². The minimum absolute atomic E-state index is 0.125. The Morgan fingerprint density at radius 3 is 2.26 bits per heavy atom. The van der Waals surface area contributed by atoms with Crippen molar-refractivity contribution in [1.29, 1.82) is 0 Å². The molecule has 0 aliphatic heterocycles. The van der Waals surface area contributed by atoms with E-state index in [1.165, 1.54) is 12.1 Å². The predicted molar refractivity (Wildman–Crippen MR) is 109 cm³/mol. The summed E-state index contributed by atoms with van der Waals surface area (Å²) in [5.41, 5.74) is 7.48. The van der Waals surface area contributed by atoms with Gasteiger partial charge in [-0.25, -0.2) is 4.79 Å². The molecule has 7 heteroatoms. The van der Waals surface area contributed by atoms with Crippen LogP contribution in [-0.4, -0.2) is 28.2 Å². The van der Waals surface area contributed by atoms with Crippen molar-refractivity contribution < 1.29 is 24.5 Å². The molecule has 144 valence electrons. The van der Waals surface area contributed by atoms with Gasteiger partial charge in [0.1, 0.15) is 17.5 Å². The molecule has 0 amide bonds. The van der Waals surface area contributed by atoms with Crippen LogP contribution in [0.5, 0.6) is 11.5 Å². The van der Waals surface area contributed by atoms with Crippen molar-refractivity contribution in [3.8, 4) is 11.5 Å². The van der Waals surface area contributed by atoms with Gasteiger partial charge in [-0.2, -0.15) is 0 Å². The standard InChI is InChI=1S/C20H22INO5/c1-2-14(9-13-5-8-18(24)16(21)10-13)19(25)27-20(26)17(22)11-12-3-6-15(23)7-4-12/h3-8,10,14,17,23-24H,2,9,11,22H2,1H3/t14?,17-/m0/s1. The van der Waals surface area contributed by atoms with Crippen molar-refractivity contribution in [3.05, 3.63) is 57.2 Å². The van der Waals surface area contributed by atoms with Crippen LogP contribution in [0.1, 0.15) is 24.5 Å². The van der Waals surface area contributed by atoms with Crippen molar-refractivity contribution in [3.63, 3.8) is 0 Å². The van der Waals surface area contributed by atoms with Crippen molar-refractivity contribution in [2.75, 3.05) is 0 Å². The molecule has 0 aliphatic rings. The van der Waals surface area contributed by atoms with E-state index in [0.717, 1.165) is 11.1 Å². The van der Waals surface area contributed by atoms with E-state index in [0.29, 0.717) is 16.4 Å². The van der Waals surface area contributed by atoms with Crippen molar-refractivity contribution in [1.82, 2.24) is 0 Å². The Kier molecular flexibility index (Phi) is 7.61. The van der Waals surface area contributed by atoms with Crippen molar-refractivity contribution in [2.24, 2.45) is 11.7 Å². The highest BCUT2D eigenvalue weighted by molar-refractivity contribution is 14.1. The van der Waals surface area contributed by atoms with Crippen molar-refractivity contribution >= 4 is 34.5 Å². The maximum absolute atomic E-state index is 12.4. The fourth-order valence-electron chi connectivity index (χ4n) is 2.58. The average molecular weight is 483 g/mol. The lowest BCUT2D eigenvalue weighted by molar-refractivity contribution is -0.163. The Hall–Kier alpha value is -2.13. The topological polar surface area (TPSA) is 110 Å². The molecule has 0 spiro atoms. The number of nitrogens with two attached hydrogens (primary N) is 1. The van der Waals surface area contributed by atoms with Gasteiger partial charge in [-0.15, -0.1) is 0 Å². The molecule has 0 aliphatic carbocycles. The zero-order valence-corrected chi connectivity index (χ0v) is 17.0. The molecule has 0 saturated heterocycles. The van der Waals surface area contributed by atoms with Crippen LogP contribution in [0, 0.1) is 9.49 Å². The average Bonchev–Trinajstić information content (AvgIpc) is 2.64. The second kappa shape index (κ2) is 9.70. The fraction of sp³-hybridized carbons (Fsp3) is 0.300. The normalized spacial score (nSPS) is 13.0. The molecule has 2 rings (SSSR count). The highest BCUT2D eigenvalue weighted by Gasteiger charge is 2.25. The number of rotatable bonds is 7. The van der Waals surface area contributed by atoms with Crippen LogP contribution in [0.3, 0.4) is 0 Å². The Bertz CT molecular complexity index is 807. The SMILES string of the molecule is CCC(Cc1ccc(O)c(I)c1)C(=O)OC(=O)[C@@H](N)Cc1ccc(O)cc1. The van der Waals surface area contributed by atoms with Gasteiger partial charge in [0, 0.05) is 0 Å². The first kappa shape index (κ1) is 21.2. The molecule has 2 atom stereocenters. The molecule has 2 aromatic carbocycles. The maximum atomic E-state index is 12.4. The number of aromatic hydroxyl groups is 2. The number of carbonyl (C=O) groups excluding carboxylic acids is 2. The summed E-state index contributed by atoms with van der Waals surface area (Å²) in [5.74, 6) is -1.54. The molecule has 0 radical (unpaired) electrons. The first-order chi connectivity index (χ1) is 12.8. The van der Waals surface area contributed by atoms with Crippen LogP contribution < -0.4 is 5.73 Å². The number of phenolic OH excluding ortho intramolecular Hbond substituents is 2. The zero-order chi connectivity index (χ0) is 20.0. The van der Waals surface area contributed by atoms with E-state index in [1.807, 2.05) is 29.5 Å². The van der Waals surface area contributed by atoms with E-state index >= 15 is 0 Å². The van der Waals surface area contributed by atoms with Gasteiger partial charge in [0.25, 0.3) is 0 Å². The van der Waals surface area contributed by atoms with Crippen LogP contribution in [0.2, 0.25) is 0 Å². The van der Waals surface area contributed by atoms with E-state index in [9.17, 15) is 19.8 Å². The summed E-state index contributed by atoms with van der Waals surface area (Å²) < 4.78 is 5.68. The van der Waals surface area contributed by atoms with Gasteiger partial charge in [0.2, 0.25) is 0 Å². The summed E-state index contributed by atoms with van der Waals surface area (Å²) in [5, 5.41) is 18.9. The molecular formula is C20H22INO5. The number of phenols is 2. The molecule has 4 N–H and O–H groups in total. The number of hydrogen-bond acceptors (Lipinski definition) is 6. The Morgan fingerprint density at radius 2 is 1.67 bits per heavy atom. The lowest BCUT2D eigenvalue weighted by Gasteiger charge is -2.16. The Morgan fingerprint density at radius 1 is 1.04 bits per heavy atom. The van der Waals surface area contributed by atoms with Crippen LogP contribution in [-0.2, 0) is 27.2 Å². The van der Waals surface area contributed by atoms with Gasteiger partial charge in [0.05, 0.1) is 9.49 Å². The zero-order valence-electron chi connectivity index (χ0n) is 14.9. The highest BCUT2D eigenvalue weighted by Crippen LogP contribution is 2.23. The van der Waals surface area contributed by atoms with Gasteiger partial charge >= 0.3 is 11.9 Å². The van der Waals surface area contributed by atoms with Crippen LogP contribution in [0.4, 0.5) is 0 Å². The van der Waals surface area contributed by atoms with Crippen LogP contribution >= 0.6 is 22.6 Å². The number of carbonyl (C=O) groups is 2. The number of esters is 2. The highest BCUT2D eigenvalue weighted by atomic mass is 127. The summed E-state index contributed by atoms with van der Waals surface area (Å²) in [6.07, 6.45) is 1.13. The summed E-state index contributed by atoms with van der Waals surface area (Å²) in [6.45, 7) is 1.85. The molecule has 0 saturated carbocycles. The third-order valence-corrected chi connectivity index (χ3v) is 5.08. The van der Waals surface area contributed by atoms with E-state index in [-0.39, 0.29) is 17.9 Å². The minimum atomic E-state index is -0.967. The molecule has 0 aromatic heterocycles. The van der Waals surface area contributed by atoms with Crippen LogP contribution in [0.15, 0.2) is 42.5 Å². The maximum Gasteiger partial charge on any atom is 0.330 e. The molecule has 2 aromatic rings. The van der Waals surface area contributed by atoms with Gasteiger partial charge in [0.15, 0.2) is 0 Å². The number of benzene rings is 2. The van der Waals surface area contributed by atoms with E-state index in [4.69, 9.17) is 10.5 Å². The summed E-state index contributed by atoms with van der Waals surface area (Å²) in [7, 11) is 0. The molecule has 27 heavy (non-hydrogen) atoms. The van der Waals surface area contributed by atoms with Crippen molar-refractivity contribution in [2.45, 2.75) is 32.2 Å². The minimum Gasteiger partial charge on any atom is -0.508 e. The summed E-state index contributed by atoms with van der Waals surface area (Å²) >= 11 is 2.01. The van der Waals surface area contributed by atoms with Gasteiger partial charge in [-0.3, -0.25) is 4.79 Å². The molecule has 0 bridgehead atoms. The fourth-order valence-corrected chi connectivity index (χ4v) is 3.16. The molecule has 6 nitrogen and oxygen atoms in total. The first-order valence-corrected chi connectivity index (χ1v) is 9.64. The quantitative estimate of drug-likeness (QED) is 0.318. The molecule has 0 heterocycles. The third-order valence-electron chi connectivity index (χ3n) is 4.22. The third kappa shape index (κ3) is 6.21. The Labute approximate surface area is 171 Å². The van der Waals surface area contributed by atoms with E-state index < -0.39 is 23.9 Å². The first-order valence-electron chi connectivity index (χ1n) is 8.56. The largest absolute Gasteiger partial charge is 0.508 e. The summed E-state index contributed by atoms with van der Waals surface area (Å²) in [6, 6.07) is 10.5. The molecule has 1 unspecified atom stereocenters.